The number of pyridine rings is 1. The molecule has 1 N–H and O–H groups in total. The number of aromatic nitrogens is 1. The number of para-hydroxylation sites is 1. The Kier molecular flexibility index (Phi) is 3.28. The Morgan fingerprint density at radius 1 is 1.05 bits per heavy atom. The number of ether oxygens (including phenoxy) is 2. The highest BCUT2D eigenvalue weighted by molar-refractivity contribution is 5.90. The van der Waals surface area contributed by atoms with Crippen LogP contribution in [0.25, 0.3) is 10.9 Å². The fourth-order valence-corrected chi connectivity index (χ4v) is 3.43. The van der Waals surface area contributed by atoms with Gasteiger partial charge in [-0.15, -0.1) is 0 Å². The highest BCUT2D eigenvalue weighted by Crippen LogP contribution is 2.37. The Hall–Kier alpha value is -1.65. The van der Waals surface area contributed by atoms with Crippen molar-refractivity contribution in [3.63, 3.8) is 0 Å². The predicted octanol–water partition coefficient (Wildman–Crippen LogP) is 3.33. The highest BCUT2D eigenvalue weighted by Gasteiger charge is 2.40. The van der Waals surface area contributed by atoms with Gasteiger partial charge in [0, 0.05) is 30.5 Å². The molecule has 2 aliphatic rings. The maximum absolute atomic E-state index is 5.79. The standard InChI is InChI=1S/C17H20N2O2/c1-3-13-4-2-10-18-16(13)15(5-1)19-14-6-8-17(9-7-14)20-11-12-21-17/h1-5,10,14,19H,6-9,11-12H2. The number of rotatable bonds is 2. The van der Waals surface area contributed by atoms with Crippen LogP contribution in [0.4, 0.5) is 5.69 Å². The predicted molar refractivity (Wildman–Crippen MR) is 82.3 cm³/mol. The van der Waals surface area contributed by atoms with Gasteiger partial charge in [-0.3, -0.25) is 4.98 Å². The molecule has 0 amide bonds. The summed E-state index contributed by atoms with van der Waals surface area (Å²) in [6.07, 6.45) is 5.95. The summed E-state index contributed by atoms with van der Waals surface area (Å²) in [4.78, 5) is 4.51. The van der Waals surface area contributed by atoms with Crippen LogP contribution in [-0.4, -0.2) is 30.0 Å². The Morgan fingerprint density at radius 3 is 2.62 bits per heavy atom. The van der Waals surface area contributed by atoms with Crippen molar-refractivity contribution in [2.24, 2.45) is 0 Å². The second-order valence-electron chi connectivity index (χ2n) is 5.91. The molecular formula is C17H20N2O2. The van der Waals surface area contributed by atoms with Crippen LogP contribution in [-0.2, 0) is 9.47 Å². The molecule has 21 heavy (non-hydrogen) atoms. The van der Waals surface area contributed by atoms with Gasteiger partial charge >= 0.3 is 0 Å². The lowest BCUT2D eigenvalue weighted by atomic mass is 9.90. The zero-order valence-electron chi connectivity index (χ0n) is 12.0. The van der Waals surface area contributed by atoms with E-state index in [2.05, 4.69) is 34.6 Å². The minimum Gasteiger partial charge on any atom is -0.381 e. The summed E-state index contributed by atoms with van der Waals surface area (Å²) in [7, 11) is 0. The molecule has 0 radical (unpaired) electrons. The Balaban J connectivity index is 1.49. The van der Waals surface area contributed by atoms with E-state index in [1.54, 1.807) is 0 Å². The second-order valence-corrected chi connectivity index (χ2v) is 5.91. The molecule has 1 saturated carbocycles. The molecule has 2 aromatic rings. The van der Waals surface area contributed by atoms with Crippen LogP contribution in [0.15, 0.2) is 36.5 Å². The van der Waals surface area contributed by atoms with Gasteiger partial charge in [0.15, 0.2) is 5.79 Å². The molecule has 4 heteroatoms. The smallest absolute Gasteiger partial charge is 0.168 e. The summed E-state index contributed by atoms with van der Waals surface area (Å²) in [5, 5.41) is 4.83. The summed E-state index contributed by atoms with van der Waals surface area (Å²) < 4.78 is 11.6. The van der Waals surface area contributed by atoms with E-state index >= 15 is 0 Å². The van der Waals surface area contributed by atoms with Crippen LogP contribution < -0.4 is 5.32 Å². The van der Waals surface area contributed by atoms with Crippen molar-refractivity contribution in [1.29, 1.82) is 0 Å². The first-order chi connectivity index (χ1) is 10.3. The van der Waals surface area contributed by atoms with Crippen LogP contribution in [0.1, 0.15) is 25.7 Å². The van der Waals surface area contributed by atoms with Gasteiger partial charge in [0.2, 0.25) is 0 Å². The van der Waals surface area contributed by atoms with Gasteiger partial charge in [0.05, 0.1) is 24.4 Å². The largest absolute Gasteiger partial charge is 0.381 e. The third-order valence-electron chi connectivity index (χ3n) is 4.55. The van der Waals surface area contributed by atoms with Crippen LogP contribution in [0.2, 0.25) is 0 Å². The first-order valence-corrected chi connectivity index (χ1v) is 7.73. The number of benzene rings is 1. The zero-order valence-corrected chi connectivity index (χ0v) is 12.0. The van der Waals surface area contributed by atoms with Gasteiger partial charge < -0.3 is 14.8 Å². The topological polar surface area (TPSA) is 43.4 Å². The first kappa shape index (κ1) is 13.0. The molecule has 1 aliphatic carbocycles. The van der Waals surface area contributed by atoms with Crippen molar-refractivity contribution in [2.75, 3.05) is 18.5 Å². The van der Waals surface area contributed by atoms with E-state index in [0.29, 0.717) is 6.04 Å². The lowest BCUT2D eigenvalue weighted by Gasteiger charge is -2.36. The van der Waals surface area contributed by atoms with Crippen molar-refractivity contribution in [1.82, 2.24) is 4.98 Å². The molecule has 1 aromatic heterocycles. The molecule has 0 atom stereocenters. The minimum atomic E-state index is -0.283. The molecule has 0 bridgehead atoms. The molecule has 2 fully saturated rings. The third kappa shape index (κ3) is 2.49. The molecular weight excluding hydrogens is 264 g/mol. The van der Waals surface area contributed by atoms with Crippen LogP contribution in [0, 0.1) is 0 Å². The quantitative estimate of drug-likeness (QED) is 0.918. The maximum Gasteiger partial charge on any atom is 0.168 e. The summed E-state index contributed by atoms with van der Waals surface area (Å²) >= 11 is 0. The van der Waals surface area contributed by atoms with Crippen molar-refractivity contribution in [2.45, 2.75) is 37.5 Å². The van der Waals surface area contributed by atoms with E-state index in [-0.39, 0.29) is 5.79 Å². The first-order valence-electron chi connectivity index (χ1n) is 7.73. The maximum atomic E-state index is 5.79. The zero-order chi connectivity index (χ0) is 14.1. The van der Waals surface area contributed by atoms with Crippen LogP contribution >= 0.6 is 0 Å². The monoisotopic (exact) mass is 284 g/mol. The average molecular weight is 284 g/mol. The summed E-state index contributed by atoms with van der Waals surface area (Å²) in [6, 6.07) is 10.8. The third-order valence-corrected chi connectivity index (χ3v) is 4.55. The molecule has 1 saturated heterocycles. The van der Waals surface area contributed by atoms with Crippen molar-refractivity contribution in [3.05, 3.63) is 36.5 Å². The van der Waals surface area contributed by atoms with E-state index < -0.39 is 0 Å². The van der Waals surface area contributed by atoms with Gasteiger partial charge in [0.1, 0.15) is 0 Å². The SMILES string of the molecule is c1cnc2c(NC3CCC4(CC3)OCCO4)cccc2c1. The van der Waals surface area contributed by atoms with Gasteiger partial charge in [0.25, 0.3) is 0 Å². The van der Waals surface area contributed by atoms with E-state index in [1.165, 1.54) is 5.39 Å². The minimum absolute atomic E-state index is 0.283. The van der Waals surface area contributed by atoms with E-state index in [4.69, 9.17) is 9.47 Å². The van der Waals surface area contributed by atoms with Crippen LogP contribution in [0.3, 0.4) is 0 Å². The number of anilines is 1. The molecule has 1 aliphatic heterocycles. The molecule has 1 spiro atoms. The van der Waals surface area contributed by atoms with E-state index in [1.807, 2.05) is 12.3 Å². The fourth-order valence-electron chi connectivity index (χ4n) is 3.43. The van der Waals surface area contributed by atoms with Gasteiger partial charge in [-0.2, -0.15) is 0 Å². The molecule has 2 heterocycles. The molecule has 1 aromatic carbocycles. The van der Waals surface area contributed by atoms with Gasteiger partial charge in [-0.1, -0.05) is 18.2 Å². The average Bonchev–Trinajstić information content (AvgIpc) is 2.99. The molecule has 0 unspecified atom stereocenters. The van der Waals surface area contributed by atoms with Gasteiger partial charge in [-0.05, 0) is 25.0 Å². The van der Waals surface area contributed by atoms with Gasteiger partial charge in [-0.25, -0.2) is 0 Å². The second kappa shape index (κ2) is 5.28. The Bertz CT molecular complexity index is 622. The number of hydrogen-bond acceptors (Lipinski definition) is 4. The molecule has 4 rings (SSSR count). The lowest BCUT2D eigenvalue weighted by molar-refractivity contribution is -0.177. The fraction of sp³-hybridized carbons (Fsp3) is 0.471. The number of fused-ring (bicyclic) bond motifs is 1. The van der Waals surface area contributed by atoms with Crippen molar-refractivity contribution in [3.8, 4) is 0 Å². The van der Waals surface area contributed by atoms with Crippen molar-refractivity contribution >= 4 is 16.6 Å². The lowest BCUT2D eigenvalue weighted by Crippen LogP contribution is -2.39. The van der Waals surface area contributed by atoms with E-state index in [0.717, 1.165) is 50.1 Å². The Morgan fingerprint density at radius 2 is 1.81 bits per heavy atom. The molecule has 110 valence electrons. The Labute approximate surface area is 124 Å². The van der Waals surface area contributed by atoms with E-state index in [9.17, 15) is 0 Å². The number of nitrogens with zero attached hydrogens (tertiary/aromatic N) is 1. The van der Waals surface area contributed by atoms with Crippen molar-refractivity contribution < 1.29 is 9.47 Å². The number of nitrogens with one attached hydrogen (secondary N) is 1. The summed E-state index contributed by atoms with van der Waals surface area (Å²) in [5.41, 5.74) is 2.18. The summed E-state index contributed by atoms with van der Waals surface area (Å²) in [6.45, 7) is 1.48. The van der Waals surface area contributed by atoms with Crippen LogP contribution in [0.5, 0.6) is 0 Å². The highest BCUT2D eigenvalue weighted by atomic mass is 16.7. The molecule has 4 nitrogen and oxygen atoms in total. The number of hydrogen-bond donors (Lipinski definition) is 1. The summed E-state index contributed by atoms with van der Waals surface area (Å²) in [5.74, 6) is -0.283. The normalized spacial score (nSPS) is 21.9.